The third kappa shape index (κ3) is 2.30. The summed E-state index contributed by atoms with van der Waals surface area (Å²) < 4.78 is 6.12. The van der Waals surface area contributed by atoms with Crippen LogP contribution in [0.5, 0.6) is 5.75 Å². The second-order valence-corrected chi connectivity index (χ2v) is 7.06. The Bertz CT molecular complexity index is 874. The van der Waals surface area contributed by atoms with Crippen LogP contribution in [-0.2, 0) is 6.54 Å². The monoisotopic (exact) mass is 315 g/mol. The van der Waals surface area contributed by atoms with Crippen molar-refractivity contribution in [1.82, 2.24) is 4.90 Å². The molecule has 0 radical (unpaired) electrons. The molecule has 2 atom stereocenters. The van der Waals surface area contributed by atoms with Gasteiger partial charge in [0.15, 0.2) is 0 Å². The highest BCUT2D eigenvalue weighted by Gasteiger charge is 2.39. The summed E-state index contributed by atoms with van der Waals surface area (Å²) in [6, 6.07) is 23.9. The van der Waals surface area contributed by atoms with Gasteiger partial charge in [0.05, 0.1) is 6.61 Å². The van der Waals surface area contributed by atoms with Crippen molar-refractivity contribution in [3.8, 4) is 5.75 Å². The van der Waals surface area contributed by atoms with E-state index in [4.69, 9.17) is 4.74 Å². The van der Waals surface area contributed by atoms with E-state index in [0.717, 1.165) is 32.0 Å². The highest BCUT2D eigenvalue weighted by Crippen LogP contribution is 2.45. The van der Waals surface area contributed by atoms with Crippen molar-refractivity contribution in [3.63, 3.8) is 0 Å². The average Bonchev–Trinajstić information content (AvgIpc) is 3.04. The van der Waals surface area contributed by atoms with Crippen LogP contribution in [0.2, 0.25) is 0 Å². The molecule has 1 fully saturated rings. The van der Waals surface area contributed by atoms with Crippen LogP contribution >= 0.6 is 0 Å². The van der Waals surface area contributed by atoms with E-state index in [1.165, 1.54) is 21.9 Å². The smallest absolute Gasteiger partial charge is 0.123 e. The molecule has 2 aliphatic rings. The molecule has 2 heterocycles. The lowest BCUT2D eigenvalue weighted by Crippen LogP contribution is -2.25. The van der Waals surface area contributed by atoms with Crippen LogP contribution in [0.25, 0.3) is 10.8 Å². The van der Waals surface area contributed by atoms with Gasteiger partial charge < -0.3 is 4.74 Å². The molecule has 0 saturated carbocycles. The van der Waals surface area contributed by atoms with E-state index in [1.807, 2.05) is 0 Å². The predicted octanol–water partition coefficient (Wildman–Crippen LogP) is 4.45. The Kier molecular flexibility index (Phi) is 3.30. The first-order valence-corrected chi connectivity index (χ1v) is 8.79. The van der Waals surface area contributed by atoms with Crippen LogP contribution in [0.15, 0.2) is 66.7 Å². The summed E-state index contributed by atoms with van der Waals surface area (Å²) >= 11 is 0. The number of hydrogen-bond acceptors (Lipinski definition) is 2. The maximum absolute atomic E-state index is 6.12. The second kappa shape index (κ2) is 5.64. The summed E-state index contributed by atoms with van der Waals surface area (Å²) in [5.41, 5.74) is 2.83. The molecule has 0 aromatic heterocycles. The Morgan fingerprint density at radius 2 is 1.71 bits per heavy atom. The molecule has 0 N–H and O–H groups in total. The Hall–Kier alpha value is -2.32. The molecule has 2 aliphatic heterocycles. The SMILES string of the molecule is c1ccc(CN2CC3COc4ccc5ccccc5c4C3C2)cc1. The zero-order chi connectivity index (χ0) is 15.9. The normalized spacial score (nSPS) is 22.8. The lowest BCUT2D eigenvalue weighted by molar-refractivity contribution is 0.213. The molecule has 2 unspecified atom stereocenters. The highest BCUT2D eigenvalue weighted by molar-refractivity contribution is 5.88. The Labute approximate surface area is 142 Å². The van der Waals surface area contributed by atoms with Crippen LogP contribution in [0.4, 0.5) is 0 Å². The maximum atomic E-state index is 6.12. The van der Waals surface area contributed by atoms with Crippen molar-refractivity contribution in [2.24, 2.45) is 5.92 Å². The number of ether oxygens (including phenoxy) is 1. The first-order chi connectivity index (χ1) is 11.9. The zero-order valence-electron chi connectivity index (χ0n) is 13.7. The Morgan fingerprint density at radius 3 is 2.62 bits per heavy atom. The number of rotatable bonds is 2. The minimum absolute atomic E-state index is 0.587. The summed E-state index contributed by atoms with van der Waals surface area (Å²) in [4.78, 5) is 2.59. The van der Waals surface area contributed by atoms with E-state index >= 15 is 0 Å². The molecule has 0 bridgehead atoms. The Balaban J connectivity index is 1.49. The van der Waals surface area contributed by atoms with E-state index in [9.17, 15) is 0 Å². The van der Waals surface area contributed by atoms with E-state index in [1.54, 1.807) is 0 Å². The number of fused-ring (bicyclic) bond motifs is 5. The quantitative estimate of drug-likeness (QED) is 0.693. The molecule has 3 aromatic carbocycles. The molecular weight excluding hydrogens is 294 g/mol. The zero-order valence-corrected chi connectivity index (χ0v) is 13.7. The molecule has 0 spiro atoms. The molecule has 5 rings (SSSR count). The minimum Gasteiger partial charge on any atom is -0.493 e. The van der Waals surface area contributed by atoms with E-state index < -0.39 is 0 Å². The second-order valence-electron chi connectivity index (χ2n) is 7.06. The molecule has 120 valence electrons. The molecule has 2 nitrogen and oxygen atoms in total. The van der Waals surface area contributed by atoms with E-state index in [0.29, 0.717) is 11.8 Å². The first kappa shape index (κ1) is 14.1. The van der Waals surface area contributed by atoms with Crippen LogP contribution in [0, 0.1) is 5.92 Å². The number of likely N-dealkylation sites (tertiary alicyclic amines) is 1. The molecule has 0 aliphatic carbocycles. The van der Waals surface area contributed by atoms with Crippen LogP contribution < -0.4 is 4.74 Å². The van der Waals surface area contributed by atoms with Gasteiger partial charge in [-0.2, -0.15) is 0 Å². The lowest BCUT2D eigenvalue weighted by atomic mass is 9.84. The van der Waals surface area contributed by atoms with Gasteiger partial charge in [-0.15, -0.1) is 0 Å². The third-order valence-corrected chi connectivity index (χ3v) is 5.52. The average molecular weight is 315 g/mol. The van der Waals surface area contributed by atoms with Crippen molar-refractivity contribution in [3.05, 3.63) is 77.9 Å². The van der Waals surface area contributed by atoms with Crippen molar-refractivity contribution < 1.29 is 4.74 Å². The van der Waals surface area contributed by atoms with Gasteiger partial charge in [0.1, 0.15) is 5.75 Å². The summed E-state index contributed by atoms with van der Waals surface area (Å²) in [6.45, 7) is 4.14. The molecule has 0 amide bonds. The topological polar surface area (TPSA) is 12.5 Å². The molecule has 1 saturated heterocycles. The molecule has 3 aromatic rings. The van der Waals surface area contributed by atoms with Crippen LogP contribution in [0.3, 0.4) is 0 Å². The summed E-state index contributed by atoms with van der Waals surface area (Å²) in [5.74, 6) is 2.28. The predicted molar refractivity (Wildman–Crippen MR) is 97.4 cm³/mol. The van der Waals surface area contributed by atoms with Crippen LogP contribution in [0.1, 0.15) is 17.0 Å². The standard InChI is InChI=1S/C22H21NO/c1-2-6-16(7-3-1)12-23-13-18-15-24-21-11-10-17-8-4-5-9-19(17)22(21)20(18)14-23/h1-11,18,20H,12-15H2. The van der Waals surface area contributed by atoms with Gasteiger partial charge in [-0.25, -0.2) is 0 Å². The van der Waals surface area contributed by atoms with E-state index in [2.05, 4.69) is 71.6 Å². The third-order valence-electron chi connectivity index (χ3n) is 5.52. The number of nitrogens with zero attached hydrogens (tertiary/aromatic N) is 1. The summed E-state index contributed by atoms with van der Waals surface area (Å²) in [5, 5.41) is 2.69. The fourth-order valence-electron chi connectivity index (χ4n) is 4.41. The summed E-state index contributed by atoms with van der Waals surface area (Å²) in [7, 11) is 0. The molecular formula is C22H21NO. The lowest BCUT2D eigenvalue weighted by Gasteiger charge is -2.29. The Morgan fingerprint density at radius 1 is 0.875 bits per heavy atom. The minimum atomic E-state index is 0.587. The fourth-order valence-corrected chi connectivity index (χ4v) is 4.41. The van der Waals surface area contributed by atoms with Gasteiger partial charge in [-0.05, 0) is 22.4 Å². The molecule has 24 heavy (non-hydrogen) atoms. The van der Waals surface area contributed by atoms with Gasteiger partial charge in [0, 0.05) is 37.0 Å². The van der Waals surface area contributed by atoms with Gasteiger partial charge >= 0.3 is 0 Å². The molecule has 2 heteroatoms. The van der Waals surface area contributed by atoms with Crippen molar-refractivity contribution in [2.45, 2.75) is 12.5 Å². The van der Waals surface area contributed by atoms with Crippen molar-refractivity contribution in [2.75, 3.05) is 19.7 Å². The van der Waals surface area contributed by atoms with Gasteiger partial charge in [-0.1, -0.05) is 60.7 Å². The largest absolute Gasteiger partial charge is 0.493 e. The van der Waals surface area contributed by atoms with Gasteiger partial charge in [0.25, 0.3) is 0 Å². The number of hydrogen-bond donors (Lipinski definition) is 0. The fraction of sp³-hybridized carbons (Fsp3) is 0.273. The van der Waals surface area contributed by atoms with Crippen molar-refractivity contribution >= 4 is 10.8 Å². The van der Waals surface area contributed by atoms with Gasteiger partial charge in [-0.3, -0.25) is 4.90 Å². The van der Waals surface area contributed by atoms with Crippen molar-refractivity contribution in [1.29, 1.82) is 0 Å². The van der Waals surface area contributed by atoms with Crippen LogP contribution in [-0.4, -0.2) is 24.6 Å². The van der Waals surface area contributed by atoms with Gasteiger partial charge in [0.2, 0.25) is 0 Å². The van der Waals surface area contributed by atoms with E-state index in [-0.39, 0.29) is 0 Å². The summed E-state index contributed by atoms with van der Waals surface area (Å²) in [6.07, 6.45) is 0. The highest BCUT2D eigenvalue weighted by atomic mass is 16.5. The maximum Gasteiger partial charge on any atom is 0.123 e. The first-order valence-electron chi connectivity index (χ1n) is 8.79. The number of benzene rings is 3.